The average molecular weight is 242 g/mol. The van der Waals surface area contributed by atoms with Crippen LogP contribution in [-0.4, -0.2) is 19.7 Å². The summed E-state index contributed by atoms with van der Waals surface area (Å²) in [6, 6.07) is 8.28. The Labute approximate surface area is 104 Å². The van der Waals surface area contributed by atoms with Crippen molar-refractivity contribution in [2.45, 2.75) is 19.8 Å². The van der Waals surface area contributed by atoms with Gasteiger partial charge in [0.1, 0.15) is 5.75 Å². The number of halogens is 1. The molecule has 1 aliphatic rings. The summed E-state index contributed by atoms with van der Waals surface area (Å²) >= 11 is 0. The lowest BCUT2D eigenvalue weighted by molar-refractivity contribution is 0.215. The van der Waals surface area contributed by atoms with E-state index >= 15 is 0 Å². The highest BCUT2D eigenvalue weighted by Gasteiger charge is 2.13. The van der Waals surface area contributed by atoms with Crippen LogP contribution in [0.1, 0.15) is 18.4 Å². The van der Waals surface area contributed by atoms with Crippen LogP contribution >= 0.6 is 12.4 Å². The predicted molar refractivity (Wildman–Crippen MR) is 69.5 cm³/mol. The van der Waals surface area contributed by atoms with E-state index in [1.165, 1.54) is 18.4 Å². The molecule has 1 aliphatic heterocycles. The fourth-order valence-electron chi connectivity index (χ4n) is 1.97. The van der Waals surface area contributed by atoms with Crippen molar-refractivity contribution in [3.05, 3.63) is 29.8 Å². The van der Waals surface area contributed by atoms with Crippen molar-refractivity contribution in [2.75, 3.05) is 19.7 Å². The van der Waals surface area contributed by atoms with Crippen LogP contribution < -0.4 is 10.1 Å². The molecule has 1 saturated heterocycles. The first-order valence-corrected chi connectivity index (χ1v) is 5.75. The van der Waals surface area contributed by atoms with Gasteiger partial charge >= 0.3 is 0 Å². The summed E-state index contributed by atoms with van der Waals surface area (Å²) < 4.78 is 5.80. The smallest absolute Gasteiger partial charge is 0.119 e. The Bertz CT molecular complexity index is 311. The third-order valence-electron chi connectivity index (χ3n) is 2.93. The highest BCUT2D eigenvalue weighted by Crippen LogP contribution is 2.16. The number of rotatable bonds is 3. The van der Waals surface area contributed by atoms with Crippen molar-refractivity contribution in [3.8, 4) is 5.75 Å². The molecular weight excluding hydrogens is 222 g/mol. The quantitative estimate of drug-likeness (QED) is 0.879. The summed E-state index contributed by atoms with van der Waals surface area (Å²) in [7, 11) is 0. The Morgan fingerprint density at radius 1 is 1.31 bits per heavy atom. The molecule has 0 atom stereocenters. The van der Waals surface area contributed by atoms with Gasteiger partial charge in [0.15, 0.2) is 0 Å². The lowest BCUT2D eigenvalue weighted by atomic mass is 9.99. The van der Waals surface area contributed by atoms with Gasteiger partial charge in [-0.1, -0.05) is 12.1 Å². The summed E-state index contributed by atoms with van der Waals surface area (Å²) in [5.41, 5.74) is 1.26. The van der Waals surface area contributed by atoms with E-state index < -0.39 is 0 Å². The number of benzene rings is 1. The zero-order valence-electron chi connectivity index (χ0n) is 9.74. The molecule has 1 aromatic rings. The van der Waals surface area contributed by atoms with Crippen LogP contribution in [0.25, 0.3) is 0 Å². The van der Waals surface area contributed by atoms with Crippen molar-refractivity contribution < 1.29 is 4.74 Å². The largest absolute Gasteiger partial charge is 0.493 e. The van der Waals surface area contributed by atoms with E-state index in [9.17, 15) is 0 Å². The molecule has 0 amide bonds. The molecule has 1 heterocycles. The lowest BCUT2D eigenvalue weighted by Crippen LogP contribution is -2.30. The van der Waals surface area contributed by atoms with Gasteiger partial charge in [0.05, 0.1) is 6.61 Å². The van der Waals surface area contributed by atoms with Gasteiger partial charge in [-0.25, -0.2) is 0 Å². The highest BCUT2D eigenvalue weighted by molar-refractivity contribution is 5.85. The first-order chi connectivity index (χ1) is 7.34. The molecule has 1 aromatic carbocycles. The molecule has 90 valence electrons. The third kappa shape index (κ3) is 4.03. The molecule has 0 radical (unpaired) electrons. The van der Waals surface area contributed by atoms with Crippen molar-refractivity contribution in [3.63, 3.8) is 0 Å². The Kier molecular flexibility index (Phi) is 5.64. The van der Waals surface area contributed by atoms with Gasteiger partial charge in [-0.3, -0.25) is 0 Å². The van der Waals surface area contributed by atoms with E-state index in [4.69, 9.17) is 4.74 Å². The van der Waals surface area contributed by atoms with E-state index in [2.05, 4.69) is 24.4 Å². The van der Waals surface area contributed by atoms with Gasteiger partial charge in [0.25, 0.3) is 0 Å². The number of nitrogens with one attached hydrogen (secondary N) is 1. The summed E-state index contributed by atoms with van der Waals surface area (Å²) in [6.45, 7) is 5.24. The molecule has 1 N–H and O–H groups in total. The zero-order chi connectivity index (χ0) is 10.5. The fourth-order valence-corrected chi connectivity index (χ4v) is 1.97. The van der Waals surface area contributed by atoms with Gasteiger partial charge < -0.3 is 10.1 Å². The Balaban J connectivity index is 0.00000128. The first kappa shape index (κ1) is 13.3. The molecule has 0 bridgehead atoms. The van der Waals surface area contributed by atoms with Gasteiger partial charge in [-0.15, -0.1) is 12.4 Å². The molecule has 2 nitrogen and oxygen atoms in total. The second-order valence-corrected chi connectivity index (χ2v) is 4.32. The molecule has 16 heavy (non-hydrogen) atoms. The van der Waals surface area contributed by atoms with Crippen LogP contribution in [0.3, 0.4) is 0 Å². The monoisotopic (exact) mass is 241 g/mol. The van der Waals surface area contributed by atoms with E-state index in [0.29, 0.717) is 0 Å². The summed E-state index contributed by atoms with van der Waals surface area (Å²) in [5, 5.41) is 3.37. The van der Waals surface area contributed by atoms with Crippen LogP contribution in [0.5, 0.6) is 5.75 Å². The summed E-state index contributed by atoms with van der Waals surface area (Å²) in [4.78, 5) is 0. The fraction of sp³-hybridized carbons (Fsp3) is 0.538. The zero-order valence-corrected chi connectivity index (χ0v) is 10.6. The Morgan fingerprint density at radius 3 is 2.75 bits per heavy atom. The summed E-state index contributed by atoms with van der Waals surface area (Å²) in [6.07, 6.45) is 2.48. The van der Waals surface area contributed by atoms with Crippen molar-refractivity contribution in [1.29, 1.82) is 0 Å². The molecule has 1 fully saturated rings. The normalized spacial score (nSPS) is 16.6. The van der Waals surface area contributed by atoms with Gasteiger partial charge in [-0.05, 0) is 56.5 Å². The predicted octanol–water partition coefficient (Wildman–Crippen LogP) is 2.80. The minimum Gasteiger partial charge on any atom is -0.493 e. The second-order valence-electron chi connectivity index (χ2n) is 4.32. The minimum absolute atomic E-state index is 0. The van der Waals surface area contributed by atoms with Crippen LogP contribution in [0, 0.1) is 12.8 Å². The minimum atomic E-state index is 0. The van der Waals surface area contributed by atoms with Crippen LogP contribution in [0.4, 0.5) is 0 Å². The average Bonchev–Trinajstić information content (AvgIpc) is 2.28. The Morgan fingerprint density at radius 2 is 2.06 bits per heavy atom. The number of piperidine rings is 1. The van der Waals surface area contributed by atoms with Crippen LogP contribution in [0.2, 0.25) is 0 Å². The molecule has 0 aromatic heterocycles. The molecule has 0 saturated carbocycles. The maximum absolute atomic E-state index is 5.80. The summed E-state index contributed by atoms with van der Waals surface area (Å²) in [5.74, 6) is 1.74. The molecule has 3 heteroatoms. The van der Waals surface area contributed by atoms with Crippen molar-refractivity contribution in [1.82, 2.24) is 5.32 Å². The first-order valence-electron chi connectivity index (χ1n) is 5.75. The molecule has 2 rings (SSSR count). The standard InChI is InChI=1S/C13H19NO.ClH/c1-11-3-2-4-13(9-11)15-10-12-5-7-14-8-6-12;/h2-4,9,12,14H,5-8,10H2,1H3;1H. The highest BCUT2D eigenvalue weighted by atomic mass is 35.5. The van der Waals surface area contributed by atoms with E-state index in [0.717, 1.165) is 31.4 Å². The number of hydrogen-bond acceptors (Lipinski definition) is 2. The molecule has 0 unspecified atom stereocenters. The molecule has 0 aliphatic carbocycles. The van der Waals surface area contributed by atoms with Gasteiger partial charge in [0.2, 0.25) is 0 Å². The van der Waals surface area contributed by atoms with Crippen molar-refractivity contribution >= 4 is 12.4 Å². The van der Waals surface area contributed by atoms with E-state index in [-0.39, 0.29) is 12.4 Å². The van der Waals surface area contributed by atoms with Gasteiger partial charge in [-0.2, -0.15) is 0 Å². The van der Waals surface area contributed by atoms with Crippen LogP contribution in [0.15, 0.2) is 24.3 Å². The number of aryl methyl sites for hydroxylation is 1. The topological polar surface area (TPSA) is 21.3 Å². The van der Waals surface area contributed by atoms with Crippen molar-refractivity contribution in [2.24, 2.45) is 5.92 Å². The third-order valence-corrected chi connectivity index (χ3v) is 2.93. The van der Waals surface area contributed by atoms with E-state index in [1.807, 2.05) is 12.1 Å². The number of ether oxygens (including phenoxy) is 1. The second kappa shape index (κ2) is 6.77. The lowest BCUT2D eigenvalue weighted by Gasteiger charge is -2.22. The molecular formula is C13H20ClNO. The maximum Gasteiger partial charge on any atom is 0.119 e. The SMILES string of the molecule is Cc1cccc(OCC2CCNCC2)c1.Cl. The number of hydrogen-bond donors (Lipinski definition) is 1. The van der Waals surface area contributed by atoms with E-state index in [1.54, 1.807) is 0 Å². The maximum atomic E-state index is 5.80. The molecule has 0 spiro atoms. The van der Waals surface area contributed by atoms with Crippen LogP contribution in [-0.2, 0) is 0 Å². The Hall–Kier alpha value is -0.730. The van der Waals surface area contributed by atoms with Gasteiger partial charge in [0, 0.05) is 0 Å².